The van der Waals surface area contributed by atoms with Gasteiger partial charge in [0.15, 0.2) is 5.11 Å². The molecule has 0 fully saturated rings. The summed E-state index contributed by atoms with van der Waals surface area (Å²) in [7, 11) is 0. The Labute approximate surface area is 177 Å². The zero-order chi connectivity index (χ0) is 20.9. The number of ether oxygens (including phenoxy) is 3. The standard InChI is InChI=1S/C22H28N2O4S/c1-3-5-12-27-19-10-6-8-17(15-19)21(25)24-22(29)23-18-9-7-11-20(16-18)28-14-13-26-4-2/h6-11,15-16H,3-5,12-14H2,1-2H3,(H2,23,24,25,29). The van der Waals surface area contributed by atoms with Crippen LogP contribution in [0.25, 0.3) is 0 Å². The fourth-order valence-electron chi connectivity index (χ4n) is 2.43. The summed E-state index contributed by atoms with van der Waals surface area (Å²) in [6.45, 7) is 6.33. The van der Waals surface area contributed by atoms with Gasteiger partial charge in [0.2, 0.25) is 0 Å². The molecule has 0 aliphatic heterocycles. The molecule has 0 unspecified atom stereocenters. The van der Waals surface area contributed by atoms with Gasteiger partial charge in [0.05, 0.1) is 13.2 Å². The highest BCUT2D eigenvalue weighted by Gasteiger charge is 2.09. The van der Waals surface area contributed by atoms with Crippen molar-refractivity contribution in [1.29, 1.82) is 0 Å². The number of nitrogens with one attached hydrogen (secondary N) is 2. The molecule has 0 saturated heterocycles. The van der Waals surface area contributed by atoms with Gasteiger partial charge in [0, 0.05) is 23.9 Å². The maximum Gasteiger partial charge on any atom is 0.257 e. The van der Waals surface area contributed by atoms with Gasteiger partial charge in [-0.1, -0.05) is 25.5 Å². The molecule has 0 aliphatic carbocycles. The minimum absolute atomic E-state index is 0.207. The fraction of sp³-hybridized carbons (Fsp3) is 0.364. The van der Waals surface area contributed by atoms with Crippen molar-refractivity contribution in [3.63, 3.8) is 0 Å². The van der Waals surface area contributed by atoms with E-state index >= 15 is 0 Å². The highest BCUT2D eigenvalue weighted by molar-refractivity contribution is 7.80. The zero-order valence-corrected chi connectivity index (χ0v) is 17.7. The first-order valence-electron chi connectivity index (χ1n) is 9.78. The van der Waals surface area contributed by atoms with Crippen LogP contribution >= 0.6 is 12.2 Å². The van der Waals surface area contributed by atoms with E-state index in [0.29, 0.717) is 43.5 Å². The van der Waals surface area contributed by atoms with Crippen LogP contribution in [0.1, 0.15) is 37.0 Å². The van der Waals surface area contributed by atoms with Crippen LogP contribution in [0.5, 0.6) is 11.5 Å². The molecule has 2 aromatic rings. The highest BCUT2D eigenvalue weighted by Crippen LogP contribution is 2.17. The average molecular weight is 417 g/mol. The van der Waals surface area contributed by atoms with Gasteiger partial charge >= 0.3 is 0 Å². The third kappa shape index (κ3) is 8.50. The largest absolute Gasteiger partial charge is 0.494 e. The molecule has 6 nitrogen and oxygen atoms in total. The van der Waals surface area contributed by atoms with Crippen LogP contribution in [0, 0.1) is 0 Å². The number of anilines is 1. The van der Waals surface area contributed by atoms with E-state index < -0.39 is 0 Å². The lowest BCUT2D eigenvalue weighted by molar-refractivity contribution is 0.0977. The molecular weight excluding hydrogens is 388 g/mol. The molecule has 0 atom stereocenters. The van der Waals surface area contributed by atoms with E-state index in [1.165, 1.54) is 0 Å². The van der Waals surface area contributed by atoms with Gasteiger partial charge in [-0.25, -0.2) is 0 Å². The first-order chi connectivity index (χ1) is 14.1. The molecule has 0 aromatic heterocycles. The summed E-state index contributed by atoms with van der Waals surface area (Å²) in [4.78, 5) is 12.5. The van der Waals surface area contributed by atoms with Crippen molar-refractivity contribution in [2.45, 2.75) is 26.7 Å². The normalized spacial score (nSPS) is 10.3. The van der Waals surface area contributed by atoms with Crippen molar-refractivity contribution >= 4 is 28.9 Å². The lowest BCUT2D eigenvalue weighted by Gasteiger charge is -2.12. The van der Waals surface area contributed by atoms with Crippen LogP contribution in [0.15, 0.2) is 48.5 Å². The summed E-state index contributed by atoms with van der Waals surface area (Å²) in [5, 5.41) is 5.89. The Morgan fingerprint density at radius 2 is 1.69 bits per heavy atom. The van der Waals surface area contributed by atoms with Crippen LogP contribution in [0.4, 0.5) is 5.69 Å². The Morgan fingerprint density at radius 1 is 0.966 bits per heavy atom. The second-order valence-electron chi connectivity index (χ2n) is 6.21. The number of hydrogen-bond donors (Lipinski definition) is 2. The van der Waals surface area contributed by atoms with E-state index in [4.69, 9.17) is 26.4 Å². The Bertz CT molecular complexity index is 798. The number of rotatable bonds is 11. The number of carbonyl (C=O) groups is 1. The quantitative estimate of drug-likeness (QED) is 0.418. The van der Waals surface area contributed by atoms with E-state index in [1.54, 1.807) is 18.2 Å². The highest BCUT2D eigenvalue weighted by atomic mass is 32.1. The summed E-state index contributed by atoms with van der Waals surface area (Å²) in [6, 6.07) is 14.4. The third-order valence-electron chi connectivity index (χ3n) is 3.88. The van der Waals surface area contributed by atoms with Crippen LogP contribution in [0.3, 0.4) is 0 Å². The van der Waals surface area contributed by atoms with Gasteiger partial charge in [0.1, 0.15) is 18.1 Å². The van der Waals surface area contributed by atoms with Crippen molar-refractivity contribution in [3.05, 3.63) is 54.1 Å². The fourth-order valence-corrected chi connectivity index (χ4v) is 2.64. The van der Waals surface area contributed by atoms with Crippen molar-refractivity contribution in [1.82, 2.24) is 5.32 Å². The molecule has 0 heterocycles. The van der Waals surface area contributed by atoms with Crippen LogP contribution in [-0.4, -0.2) is 37.4 Å². The van der Waals surface area contributed by atoms with E-state index in [-0.39, 0.29) is 11.0 Å². The van der Waals surface area contributed by atoms with Crippen molar-refractivity contribution < 1.29 is 19.0 Å². The SMILES string of the molecule is CCCCOc1cccc(C(=O)NC(=S)Nc2cccc(OCCOCC)c2)c1. The third-order valence-corrected chi connectivity index (χ3v) is 4.09. The number of amides is 1. The first kappa shape index (κ1) is 22.6. The van der Waals surface area contributed by atoms with Gasteiger partial charge in [0.25, 0.3) is 5.91 Å². The molecule has 0 aliphatic rings. The van der Waals surface area contributed by atoms with Gasteiger partial charge < -0.3 is 19.5 Å². The smallest absolute Gasteiger partial charge is 0.257 e. The molecule has 0 bridgehead atoms. The zero-order valence-electron chi connectivity index (χ0n) is 16.9. The maximum absolute atomic E-state index is 12.5. The monoisotopic (exact) mass is 416 g/mol. The summed E-state index contributed by atoms with van der Waals surface area (Å²) in [5.74, 6) is 1.06. The summed E-state index contributed by atoms with van der Waals surface area (Å²) >= 11 is 5.26. The second-order valence-corrected chi connectivity index (χ2v) is 6.62. The van der Waals surface area contributed by atoms with Crippen molar-refractivity contribution in [2.24, 2.45) is 0 Å². The molecule has 29 heavy (non-hydrogen) atoms. The number of thiocarbonyl (C=S) groups is 1. The lowest BCUT2D eigenvalue weighted by atomic mass is 10.2. The number of hydrogen-bond acceptors (Lipinski definition) is 5. The molecule has 0 spiro atoms. The topological polar surface area (TPSA) is 68.8 Å². The lowest BCUT2D eigenvalue weighted by Crippen LogP contribution is -2.34. The van der Waals surface area contributed by atoms with Crippen LogP contribution in [-0.2, 0) is 4.74 Å². The molecule has 2 N–H and O–H groups in total. The number of carbonyl (C=O) groups excluding carboxylic acids is 1. The molecular formula is C22H28N2O4S. The first-order valence-corrected chi connectivity index (χ1v) is 10.2. The van der Waals surface area contributed by atoms with Gasteiger partial charge in [-0.15, -0.1) is 0 Å². The maximum atomic E-state index is 12.5. The number of unbranched alkanes of at least 4 members (excludes halogenated alkanes) is 1. The summed E-state index contributed by atoms with van der Waals surface area (Å²) in [6.07, 6.45) is 2.03. The minimum Gasteiger partial charge on any atom is -0.494 e. The number of benzene rings is 2. The molecule has 156 valence electrons. The Hall–Kier alpha value is -2.64. The average Bonchev–Trinajstić information content (AvgIpc) is 2.72. The van der Waals surface area contributed by atoms with Gasteiger partial charge in [-0.2, -0.15) is 0 Å². The van der Waals surface area contributed by atoms with Gasteiger partial charge in [-0.05, 0) is 55.9 Å². The van der Waals surface area contributed by atoms with E-state index in [1.807, 2.05) is 37.3 Å². The Balaban J connectivity index is 1.87. The molecule has 2 rings (SSSR count). The second kappa shape index (κ2) is 12.7. The molecule has 7 heteroatoms. The molecule has 2 aromatic carbocycles. The molecule has 0 radical (unpaired) electrons. The van der Waals surface area contributed by atoms with Crippen molar-refractivity contribution in [2.75, 3.05) is 31.7 Å². The molecule has 1 amide bonds. The Kier molecular flexibility index (Phi) is 9.95. The Morgan fingerprint density at radius 3 is 2.45 bits per heavy atom. The minimum atomic E-state index is -0.299. The van der Waals surface area contributed by atoms with E-state index in [2.05, 4.69) is 17.6 Å². The van der Waals surface area contributed by atoms with Crippen molar-refractivity contribution in [3.8, 4) is 11.5 Å². The van der Waals surface area contributed by atoms with Crippen LogP contribution in [0.2, 0.25) is 0 Å². The van der Waals surface area contributed by atoms with E-state index in [0.717, 1.165) is 18.5 Å². The van der Waals surface area contributed by atoms with Crippen LogP contribution < -0.4 is 20.1 Å². The summed E-state index contributed by atoms with van der Waals surface area (Å²) < 4.78 is 16.5. The molecule has 0 saturated carbocycles. The van der Waals surface area contributed by atoms with Gasteiger partial charge in [-0.3, -0.25) is 10.1 Å². The van der Waals surface area contributed by atoms with E-state index in [9.17, 15) is 4.79 Å². The predicted molar refractivity (Wildman–Crippen MR) is 119 cm³/mol. The summed E-state index contributed by atoms with van der Waals surface area (Å²) in [5.41, 5.74) is 1.21. The predicted octanol–water partition coefficient (Wildman–Crippen LogP) is 4.41.